The van der Waals surface area contributed by atoms with E-state index in [1.54, 1.807) is 0 Å². The van der Waals surface area contributed by atoms with Crippen molar-refractivity contribution in [1.29, 1.82) is 0 Å². The minimum absolute atomic E-state index is 0.0862. The number of nitrogens with one attached hydrogen (secondary N) is 3. The van der Waals surface area contributed by atoms with Crippen LogP contribution in [0.25, 0.3) is 38.5 Å². The molecule has 4 aliphatic rings. The molecule has 1 aliphatic carbocycles. The number of allylic oxidation sites excluding steroid dienone is 1. The summed E-state index contributed by atoms with van der Waals surface area (Å²) in [6.45, 7) is 8.34. The Morgan fingerprint density at radius 3 is 2.17 bits per heavy atom. The largest absolute Gasteiger partial charge is 0.453 e. The number of benzene rings is 3. The molecular weight excluding hydrogens is 735 g/mol. The number of likely N-dealkylation sites (tertiary alicyclic amines) is 2. The Kier molecular flexibility index (Phi) is 10.7. The van der Waals surface area contributed by atoms with Gasteiger partial charge in [-0.1, -0.05) is 70.2 Å². The maximum Gasteiger partial charge on any atom is 0.407 e. The second-order valence-electron chi connectivity index (χ2n) is 16.9. The Labute approximate surface area is 338 Å². The number of nitrogens with zero attached hydrogens (tertiary/aromatic N) is 4. The van der Waals surface area contributed by atoms with Crippen molar-refractivity contribution in [3.05, 3.63) is 72.2 Å². The molecule has 304 valence electrons. The molecule has 3 aliphatic heterocycles. The van der Waals surface area contributed by atoms with E-state index in [2.05, 4.69) is 70.2 Å². The Bertz CT molecular complexity index is 2310. The summed E-state index contributed by atoms with van der Waals surface area (Å²) in [4.78, 5) is 69.2. The van der Waals surface area contributed by atoms with Crippen LogP contribution in [0.4, 0.5) is 9.59 Å². The van der Waals surface area contributed by atoms with E-state index in [0.29, 0.717) is 18.9 Å². The highest BCUT2D eigenvalue weighted by Gasteiger charge is 2.51. The van der Waals surface area contributed by atoms with Crippen LogP contribution in [0.2, 0.25) is 0 Å². The molecular formula is C45H53N7O6. The van der Waals surface area contributed by atoms with Crippen molar-refractivity contribution in [1.82, 2.24) is 30.4 Å². The molecule has 6 atom stereocenters. The van der Waals surface area contributed by atoms with E-state index in [1.165, 1.54) is 14.2 Å². The van der Waals surface area contributed by atoms with E-state index in [-0.39, 0.29) is 41.8 Å². The zero-order chi connectivity index (χ0) is 40.8. The molecule has 13 heteroatoms. The average Bonchev–Trinajstić information content (AvgIpc) is 4.09. The molecule has 2 bridgehead atoms. The fourth-order valence-electron chi connectivity index (χ4n) is 9.62. The quantitative estimate of drug-likeness (QED) is 0.151. The number of rotatable bonds is 10. The third-order valence-electron chi connectivity index (χ3n) is 12.7. The lowest BCUT2D eigenvalue weighted by atomic mass is 9.95. The molecule has 4 amide bonds. The van der Waals surface area contributed by atoms with Gasteiger partial charge in [-0.3, -0.25) is 14.6 Å². The SMILES string of the molecule is COC(=O)N[C@H](C(=O)N1CCC[C@H]1C1=NC=C(c2ccc(-c3ccc4c(ccc5[nH]c([C@@H]6[C@H]7CC[C@H](C7)N6C(=O)[C@@H](NC(=O)OC)C(C)C)nc54)c3)cc2)C1)C(C)C. The van der Waals surface area contributed by atoms with Gasteiger partial charge in [-0.2, -0.15) is 0 Å². The summed E-state index contributed by atoms with van der Waals surface area (Å²) in [6, 6.07) is 17.7. The van der Waals surface area contributed by atoms with Gasteiger partial charge < -0.3 is 34.9 Å². The zero-order valence-corrected chi connectivity index (χ0v) is 34.1. The number of H-pyrrole nitrogens is 1. The Morgan fingerprint density at radius 2 is 1.48 bits per heavy atom. The molecule has 3 N–H and O–H groups in total. The number of carbonyl (C=O) groups is 4. The number of alkyl carbamates (subject to hydrolysis) is 2. The van der Waals surface area contributed by atoms with Crippen LogP contribution < -0.4 is 10.6 Å². The lowest BCUT2D eigenvalue weighted by Gasteiger charge is -2.37. The maximum absolute atomic E-state index is 14.1. The van der Waals surface area contributed by atoms with Crippen LogP contribution in [0.3, 0.4) is 0 Å². The minimum Gasteiger partial charge on any atom is -0.453 e. The number of hydrogen-bond donors (Lipinski definition) is 3. The number of piperidine rings is 1. The zero-order valence-electron chi connectivity index (χ0n) is 34.1. The highest BCUT2D eigenvalue weighted by molar-refractivity contribution is 6.06. The van der Waals surface area contributed by atoms with Gasteiger partial charge in [-0.25, -0.2) is 14.6 Å². The smallest absolute Gasteiger partial charge is 0.407 e. The number of aromatic nitrogens is 2. The summed E-state index contributed by atoms with van der Waals surface area (Å²) in [6.07, 6.45) is 6.03. The molecule has 13 nitrogen and oxygen atoms in total. The van der Waals surface area contributed by atoms with E-state index in [4.69, 9.17) is 19.5 Å². The van der Waals surface area contributed by atoms with Crippen LogP contribution in [0.15, 0.2) is 65.8 Å². The second-order valence-corrected chi connectivity index (χ2v) is 16.9. The van der Waals surface area contributed by atoms with Crippen LogP contribution in [0.5, 0.6) is 0 Å². The second kappa shape index (κ2) is 15.9. The normalized spacial score (nSPS) is 22.4. The van der Waals surface area contributed by atoms with Gasteiger partial charge in [0.25, 0.3) is 0 Å². The molecule has 0 spiro atoms. The number of fused-ring (bicyclic) bond motifs is 5. The van der Waals surface area contributed by atoms with Crippen molar-refractivity contribution < 1.29 is 28.7 Å². The van der Waals surface area contributed by atoms with Crippen molar-refractivity contribution in [3.63, 3.8) is 0 Å². The van der Waals surface area contributed by atoms with Gasteiger partial charge in [-0.15, -0.1) is 0 Å². The van der Waals surface area contributed by atoms with Gasteiger partial charge in [0.15, 0.2) is 0 Å². The molecule has 0 unspecified atom stereocenters. The van der Waals surface area contributed by atoms with E-state index >= 15 is 0 Å². The molecule has 4 aromatic rings. The monoisotopic (exact) mass is 787 g/mol. The first kappa shape index (κ1) is 39.1. The number of carbonyl (C=O) groups excluding carboxylic acids is 4. The number of ether oxygens (including phenoxy) is 2. The van der Waals surface area contributed by atoms with Crippen LogP contribution in [-0.2, 0) is 19.1 Å². The summed E-state index contributed by atoms with van der Waals surface area (Å²) < 4.78 is 9.62. The lowest BCUT2D eigenvalue weighted by Crippen LogP contribution is -2.54. The molecule has 8 rings (SSSR count). The predicted molar refractivity (Wildman–Crippen MR) is 223 cm³/mol. The Hall–Kier alpha value is -5.72. The number of amides is 4. The highest BCUT2D eigenvalue weighted by atomic mass is 16.5. The predicted octanol–water partition coefficient (Wildman–Crippen LogP) is 7.37. The molecule has 2 saturated heterocycles. The van der Waals surface area contributed by atoms with E-state index in [1.807, 2.05) is 43.7 Å². The number of imidazole rings is 1. The van der Waals surface area contributed by atoms with Crippen molar-refractivity contribution in [2.24, 2.45) is 22.7 Å². The number of aliphatic imine (C=N–C) groups is 1. The molecule has 4 heterocycles. The molecule has 0 radical (unpaired) electrons. The van der Waals surface area contributed by atoms with Gasteiger partial charge in [0.05, 0.1) is 37.3 Å². The minimum atomic E-state index is -0.685. The van der Waals surface area contributed by atoms with Crippen LogP contribution in [0.1, 0.15) is 83.6 Å². The first-order valence-electron chi connectivity index (χ1n) is 20.6. The highest BCUT2D eigenvalue weighted by Crippen LogP contribution is 2.50. The molecule has 3 fully saturated rings. The summed E-state index contributed by atoms with van der Waals surface area (Å²) >= 11 is 0. The third kappa shape index (κ3) is 7.19. The van der Waals surface area contributed by atoms with Crippen molar-refractivity contribution >= 4 is 57.1 Å². The lowest BCUT2D eigenvalue weighted by molar-refractivity contribution is -0.139. The molecule has 58 heavy (non-hydrogen) atoms. The topological polar surface area (TPSA) is 158 Å². The van der Waals surface area contributed by atoms with Gasteiger partial charge in [-0.05, 0) is 89.6 Å². The van der Waals surface area contributed by atoms with E-state index in [9.17, 15) is 19.2 Å². The summed E-state index contributed by atoms with van der Waals surface area (Å²) in [7, 11) is 2.61. The summed E-state index contributed by atoms with van der Waals surface area (Å²) in [5, 5.41) is 7.61. The van der Waals surface area contributed by atoms with Crippen molar-refractivity contribution in [2.45, 2.75) is 96.4 Å². The van der Waals surface area contributed by atoms with E-state index in [0.717, 1.165) is 87.7 Å². The Morgan fingerprint density at radius 1 is 0.810 bits per heavy atom. The third-order valence-corrected chi connectivity index (χ3v) is 12.7. The first-order valence-corrected chi connectivity index (χ1v) is 20.6. The number of hydrogen-bond acceptors (Lipinski definition) is 8. The van der Waals surface area contributed by atoms with Crippen LogP contribution >= 0.6 is 0 Å². The number of methoxy groups -OCH3 is 2. The first-order chi connectivity index (χ1) is 27.9. The van der Waals surface area contributed by atoms with Crippen LogP contribution in [-0.4, -0.2) is 94.4 Å². The van der Waals surface area contributed by atoms with Gasteiger partial charge in [0, 0.05) is 36.3 Å². The molecule has 1 aromatic heterocycles. The molecule has 1 saturated carbocycles. The van der Waals surface area contributed by atoms with Gasteiger partial charge in [0.2, 0.25) is 11.8 Å². The summed E-state index contributed by atoms with van der Waals surface area (Å²) in [5.74, 6) is 0.718. The summed E-state index contributed by atoms with van der Waals surface area (Å²) in [5.41, 5.74) is 7.17. The molecule has 3 aromatic carbocycles. The maximum atomic E-state index is 14.1. The fraction of sp³-hybridized carbons (Fsp3) is 0.467. The standard InChI is InChI=1S/C45H53N7O6/c1-24(2)37(49-44(55)57-5)42(53)51-19-7-8-36(51)35-22-31(23-46-35)27-11-9-26(10-12-27)28-14-17-33-29(20-28)15-18-34-39(33)48-41(47-34)40-30-13-16-32(21-30)52(40)43(54)38(25(3)4)50-45(56)58-6/h9-12,14-15,17-18,20,23-25,30,32,36-38,40H,7-8,13,16,19,21-22H2,1-6H3,(H,47,48)(H,49,55)(H,50,56)/t30-,32+,36-,37-,38-,40-/m0/s1. The van der Waals surface area contributed by atoms with Gasteiger partial charge >= 0.3 is 12.2 Å². The van der Waals surface area contributed by atoms with Crippen molar-refractivity contribution in [3.8, 4) is 11.1 Å². The Balaban J connectivity index is 0.971. The number of aromatic amines is 1. The van der Waals surface area contributed by atoms with E-state index < -0.39 is 24.3 Å². The van der Waals surface area contributed by atoms with Crippen LogP contribution in [0, 0.1) is 17.8 Å². The van der Waals surface area contributed by atoms with Gasteiger partial charge in [0.1, 0.15) is 17.9 Å². The fourth-order valence-corrected chi connectivity index (χ4v) is 9.62. The van der Waals surface area contributed by atoms with Crippen molar-refractivity contribution in [2.75, 3.05) is 20.8 Å². The average molecular weight is 788 g/mol.